The number of halogens is 1. The average Bonchev–Trinajstić information content (AvgIpc) is 2.30. The summed E-state index contributed by atoms with van der Waals surface area (Å²) in [5, 5.41) is 0.822. The molecular weight excluding hydrogens is 252 g/mol. The molecule has 17 heavy (non-hydrogen) atoms. The molecule has 1 heterocycles. The zero-order chi connectivity index (χ0) is 11.0. The molecule has 0 amide bonds. The summed E-state index contributed by atoms with van der Waals surface area (Å²) in [5.74, 6) is 0. The molecule has 2 N–H and O–H groups in total. The second kappa shape index (κ2) is 5.23. The summed E-state index contributed by atoms with van der Waals surface area (Å²) in [7, 11) is 0. The van der Waals surface area contributed by atoms with Crippen LogP contribution in [-0.2, 0) is 0 Å². The first-order chi connectivity index (χ1) is 7.80. The first kappa shape index (κ1) is 13.3. The van der Waals surface area contributed by atoms with Gasteiger partial charge in [-0.05, 0) is 44.1 Å². The number of nitrogens with zero attached hydrogens (tertiary/aromatic N) is 1. The van der Waals surface area contributed by atoms with E-state index in [1.807, 2.05) is 11.8 Å². The lowest BCUT2D eigenvalue weighted by atomic mass is 9.77. The fraction of sp³-hybridized carbons (Fsp3) is 0.769. The number of rotatable bonds is 0. The maximum absolute atomic E-state index is 6.03. The highest BCUT2D eigenvalue weighted by molar-refractivity contribution is 8.15. The molecule has 1 spiro atoms. The number of fused-ring (bicyclic) bond motifs is 1. The Kier molecular flexibility index (Phi) is 4.09. The third-order valence-corrected chi connectivity index (χ3v) is 5.54. The molecule has 2 aliphatic carbocycles. The van der Waals surface area contributed by atoms with Gasteiger partial charge in [-0.2, -0.15) is 0 Å². The lowest BCUT2D eigenvalue weighted by molar-refractivity contribution is 0.417. The van der Waals surface area contributed by atoms with Crippen molar-refractivity contribution < 1.29 is 0 Å². The van der Waals surface area contributed by atoms with Crippen LogP contribution in [0.5, 0.6) is 0 Å². The standard InChI is InChI=1S/C13H20N2S.ClH/c14-12-15-11-7-3-2-6-10(11)13(16-12)8-4-1-5-9-13;/h1-9H2,(H2,14,15);1H. The molecule has 0 aromatic carbocycles. The molecule has 0 aromatic rings. The van der Waals surface area contributed by atoms with Crippen LogP contribution in [0.25, 0.3) is 0 Å². The number of thioether (sulfide) groups is 1. The largest absolute Gasteiger partial charge is 0.378 e. The van der Waals surface area contributed by atoms with Crippen molar-refractivity contribution in [1.29, 1.82) is 0 Å². The van der Waals surface area contributed by atoms with E-state index >= 15 is 0 Å². The minimum atomic E-state index is 0. The van der Waals surface area contributed by atoms with Crippen molar-refractivity contribution in [3.8, 4) is 0 Å². The summed E-state index contributed by atoms with van der Waals surface area (Å²) in [4.78, 5) is 4.59. The number of allylic oxidation sites excluding steroid dienone is 1. The van der Waals surface area contributed by atoms with Gasteiger partial charge in [-0.25, -0.2) is 4.99 Å². The summed E-state index contributed by atoms with van der Waals surface area (Å²) in [6, 6.07) is 0. The van der Waals surface area contributed by atoms with E-state index < -0.39 is 0 Å². The molecule has 1 saturated carbocycles. The van der Waals surface area contributed by atoms with Crippen LogP contribution in [0.1, 0.15) is 57.8 Å². The average molecular weight is 273 g/mol. The van der Waals surface area contributed by atoms with E-state index in [4.69, 9.17) is 5.73 Å². The molecule has 96 valence electrons. The van der Waals surface area contributed by atoms with Crippen molar-refractivity contribution in [2.45, 2.75) is 62.5 Å². The maximum Gasteiger partial charge on any atom is 0.159 e. The van der Waals surface area contributed by atoms with Crippen LogP contribution in [0.2, 0.25) is 0 Å². The van der Waals surface area contributed by atoms with E-state index in [0.29, 0.717) is 4.75 Å². The Morgan fingerprint density at radius 3 is 2.47 bits per heavy atom. The van der Waals surface area contributed by atoms with E-state index in [1.54, 1.807) is 5.57 Å². The molecular formula is C13H21ClN2S. The van der Waals surface area contributed by atoms with Gasteiger partial charge in [-0.3, -0.25) is 0 Å². The maximum atomic E-state index is 6.03. The smallest absolute Gasteiger partial charge is 0.159 e. The first-order valence-corrected chi connectivity index (χ1v) is 7.37. The number of nitrogens with two attached hydrogens (primary N) is 1. The zero-order valence-electron chi connectivity index (χ0n) is 10.2. The van der Waals surface area contributed by atoms with Gasteiger partial charge >= 0.3 is 0 Å². The summed E-state index contributed by atoms with van der Waals surface area (Å²) >= 11 is 1.87. The second-order valence-electron chi connectivity index (χ2n) is 5.24. The van der Waals surface area contributed by atoms with E-state index in [-0.39, 0.29) is 12.4 Å². The molecule has 0 bridgehead atoms. The predicted molar refractivity (Wildman–Crippen MR) is 77.8 cm³/mol. The van der Waals surface area contributed by atoms with Crippen molar-refractivity contribution in [2.24, 2.45) is 10.7 Å². The lowest BCUT2D eigenvalue weighted by Gasteiger charge is -2.43. The number of hydrogen-bond donors (Lipinski definition) is 1. The summed E-state index contributed by atoms with van der Waals surface area (Å²) < 4.78 is 0.361. The Balaban J connectivity index is 0.00000108. The minimum Gasteiger partial charge on any atom is -0.378 e. The van der Waals surface area contributed by atoms with Gasteiger partial charge in [0.1, 0.15) is 0 Å². The number of hydrogen-bond acceptors (Lipinski definition) is 3. The van der Waals surface area contributed by atoms with E-state index in [2.05, 4.69) is 4.99 Å². The van der Waals surface area contributed by atoms with Gasteiger partial charge in [0.15, 0.2) is 5.17 Å². The van der Waals surface area contributed by atoms with Gasteiger partial charge in [0.05, 0.1) is 0 Å². The Labute approximate surface area is 114 Å². The monoisotopic (exact) mass is 272 g/mol. The molecule has 0 radical (unpaired) electrons. The predicted octanol–water partition coefficient (Wildman–Crippen LogP) is 4.00. The third-order valence-electron chi connectivity index (χ3n) is 4.20. The van der Waals surface area contributed by atoms with Crippen LogP contribution in [0.4, 0.5) is 0 Å². The Bertz CT molecular complexity index is 356. The van der Waals surface area contributed by atoms with Gasteiger partial charge < -0.3 is 5.73 Å². The van der Waals surface area contributed by atoms with Crippen molar-refractivity contribution in [2.75, 3.05) is 0 Å². The molecule has 0 unspecified atom stereocenters. The Morgan fingerprint density at radius 1 is 1.00 bits per heavy atom. The van der Waals surface area contributed by atoms with Crippen molar-refractivity contribution in [3.05, 3.63) is 11.3 Å². The summed E-state index contributed by atoms with van der Waals surface area (Å²) in [6.07, 6.45) is 11.9. The zero-order valence-corrected chi connectivity index (χ0v) is 11.8. The SMILES string of the molecule is Cl.NC1=NC2=C(CCCC2)C2(CCCCC2)S1. The summed E-state index contributed by atoms with van der Waals surface area (Å²) in [6.45, 7) is 0. The highest BCUT2D eigenvalue weighted by Crippen LogP contribution is 2.52. The van der Waals surface area contributed by atoms with Crippen molar-refractivity contribution >= 4 is 29.3 Å². The molecule has 4 heteroatoms. The Morgan fingerprint density at radius 2 is 1.71 bits per heavy atom. The molecule has 1 aliphatic heterocycles. The molecule has 0 atom stereocenters. The van der Waals surface area contributed by atoms with E-state index in [0.717, 1.165) is 5.17 Å². The molecule has 1 fully saturated rings. The van der Waals surface area contributed by atoms with Crippen molar-refractivity contribution in [3.63, 3.8) is 0 Å². The fourth-order valence-corrected chi connectivity index (χ4v) is 4.84. The second-order valence-corrected chi connectivity index (χ2v) is 6.64. The van der Waals surface area contributed by atoms with Crippen LogP contribution >= 0.6 is 24.2 Å². The summed E-state index contributed by atoms with van der Waals surface area (Å²) in [5.41, 5.74) is 9.04. The van der Waals surface area contributed by atoms with Gasteiger partial charge in [-0.15, -0.1) is 12.4 Å². The van der Waals surface area contributed by atoms with Crippen molar-refractivity contribution in [1.82, 2.24) is 0 Å². The normalized spacial score (nSPS) is 27.2. The first-order valence-electron chi connectivity index (χ1n) is 6.56. The number of aliphatic imine (C=N–C) groups is 1. The minimum absolute atomic E-state index is 0. The fourth-order valence-electron chi connectivity index (χ4n) is 3.45. The third kappa shape index (κ3) is 2.37. The van der Waals surface area contributed by atoms with Gasteiger partial charge in [0, 0.05) is 10.4 Å². The van der Waals surface area contributed by atoms with Gasteiger partial charge in [-0.1, -0.05) is 31.0 Å². The van der Waals surface area contributed by atoms with Crippen LogP contribution in [0, 0.1) is 0 Å². The molecule has 2 nitrogen and oxygen atoms in total. The molecule has 3 rings (SSSR count). The topological polar surface area (TPSA) is 38.4 Å². The van der Waals surface area contributed by atoms with Crippen LogP contribution in [0.3, 0.4) is 0 Å². The van der Waals surface area contributed by atoms with E-state index in [9.17, 15) is 0 Å². The van der Waals surface area contributed by atoms with E-state index in [1.165, 1.54) is 63.5 Å². The van der Waals surface area contributed by atoms with Crippen LogP contribution in [0.15, 0.2) is 16.3 Å². The molecule has 0 saturated heterocycles. The molecule has 0 aromatic heterocycles. The quantitative estimate of drug-likeness (QED) is 0.724. The van der Waals surface area contributed by atoms with Crippen LogP contribution < -0.4 is 5.73 Å². The molecule has 3 aliphatic rings. The Hall–Kier alpha value is -0.150. The number of amidine groups is 1. The highest BCUT2D eigenvalue weighted by Gasteiger charge is 2.41. The lowest BCUT2D eigenvalue weighted by Crippen LogP contribution is -2.37. The highest BCUT2D eigenvalue weighted by atomic mass is 35.5. The van der Waals surface area contributed by atoms with Gasteiger partial charge in [0.25, 0.3) is 0 Å². The van der Waals surface area contributed by atoms with Crippen LogP contribution in [-0.4, -0.2) is 9.91 Å². The van der Waals surface area contributed by atoms with Gasteiger partial charge in [0.2, 0.25) is 0 Å².